The van der Waals surface area contributed by atoms with Crippen molar-refractivity contribution < 1.29 is 9.90 Å². The Balaban J connectivity index is 2.04. The number of carboxylic acids is 1. The van der Waals surface area contributed by atoms with Crippen LogP contribution in [0.3, 0.4) is 0 Å². The average Bonchev–Trinajstić information content (AvgIpc) is 3.13. The lowest BCUT2D eigenvalue weighted by Gasteiger charge is -2.07. The molecule has 1 aliphatic carbocycles. The van der Waals surface area contributed by atoms with Gasteiger partial charge >= 0.3 is 5.97 Å². The Bertz CT molecular complexity index is 988. The molecular weight excluding hydrogens is 296 g/mol. The fourth-order valence-electron chi connectivity index (χ4n) is 3.08. The van der Waals surface area contributed by atoms with Gasteiger partial charge in [-0.3, -0.25) is 14.3 Å². The van der Waals surface area contributed by atoms with E-state index in [1.54, 1.807) is 4.57 Å². The van der Waals surface area contributed by atoms with E-state index in [1.165, 1.54) is 24.8 Å². The second kappa shape index (κ2) is 4.77. The van der Waals surface area contributed by atoms with E-state index in [2.05, 4.69) is 21.9 Å². The Morgan fingerprint density at radius 1 is 1.48 bits per heavy atom. The number of carboxylic acid groups (broad SMARTS) is 1. The van der Waals surface area contributed by atoms with E-state index in [-0.39, 0.29) is 11.1 Å². The summed E-state index contributed by atoms with van der Waals surface area (Å²) in [7, 11) is 0. The maximum Gasteiger partial charge on any atom is 0.337 e. The lowest BCUT2D eigenvalue weighted by atomic mass is 10.1. The van der Waals surface area contributed by atoms with Gasteiger partial charge in [-0.2, -0.15) is 0 Å². The highest BCUT2D eigenvalue weighted by Crippen LogP contribution is 2.49. The molecule has 3 heterocycles. The van der Waals surface area contributed by atoms with E-state index in [0.717, 1.165) is 12.0 Å². The molecule has 7 nitrogen and oxygen atoms in total. The van der Waals surface area contributed by atoms with Gasteiger partial charge in [-0.05, 0) is 29.9 Å². The molecule has 1 saturated carbocycles. The van der Waals surface area contributed by atoms with E-state index >= 15 is 0 Å². The molecule has 0 aromatic carbocycles. The zero-order chi connectivity index (χ0) is 16.1. The van der Waals surface area contributed by atoms with Crippen LogP contribution in [0.4, 0.5) is 0 Å². The van der Waals surface area contributed by atoms with Crippen LogP contribution in [0.15, 0.2) is 35.8 Å². The molecule has 23 heavy (non-hydrogen) atoms. The van der Waals surface area contributed by atoms with Crippen LogP contribution in [0.5, 0.6) is 0 Å². The third-order valence-electron chi connectivity index (χ3n) is 4.42. The molecule has 116 valence electrons. The first-order valence-electron chi connectivity index (χ1n) is 7.34. The standard InChI is InChI=1S/C16H14N4O3/c1-8-4-10(8)11-6-20(14-13(11)15(21)19-7-18-14)12-5-17-3-2-9(12)16(22)23/h2-3,5-8,10H,4H2,1H3,(H,22,23)(H,18,19,21). The molecule has 3 aromatic rings. The van der Waals surface area contributed by atoms with Gasteiger partial charge in [0, 0.05) is 12.4 Å². The number of nitrogens with one attached hydrogen (secondary N) is 1. The summed E-state index contributed by atoms with van der Waals surface area (Å²) in [5.74, 6) is -0.217. The maximum atomic E-state index is 12.3. The summed E-state index contributed by atoms with van der Waals surface area (Å²) in [6.45, 7) is 2.13. The summed E-state index contributed by atoms with van der Waals surface area (Å²) in [5.41, 5.74) is 1.70. The molecule has 4 rings (SSSR count). The molecule has 0 bridgehead atoms. The van der Waals surface area contributed by atoms with Crippen molar-refractivity contribution in [3.05, 3.63) is 52.5 Å². The van der Waals surface area contributed by atoms with Crippen LogP contribution in [0, 0.1) is 5.92 Å². The second-order valence-electron chi connectivity index (χ2n) is 5.90. The van der Waals surface area contributed by atoms with Crippen LogP contribution < -0.4 is 5.56 Å². The van der Waals surface area contributed by atoms with E-state index in [0.29, 0.717) is 28.6 Å². The minimum Gasteiger partial charge on any atom is -0.478 e. The van der Waals surface area contributed by atoms with Gasteiger partial charge in [-0.25, -0.2) is 9.78 Å². The zero-order valence-corrected chi connectivity index (χ0v) is 12.4. The van der Waals surface area contributed by atoms with E-state index in [9.17, 15) is 14.7 Å². The van der Waals surface area contributed by atoms with Crippen molar-refractivity contribution in [1.82, 2.24) is 19.5 Å². The Labute approximate surface area is 130 Å². The smallest absolute Gasteiger partial charge is 0.337 e. The van der Waals surface area contributed by atoms with Gasteiger partial charge in [0.25, 0.3) is 5.56 Å². The normalized spacial score (nSPS) is 19.9. The highest BCUT2D eigenvalue weighted by atomic mass is 16.4. The third kappa shape index (κ3) is 2.04. The summed E-state index contributed by atoms with van der Waals surface area (Å²) in [5, 5.41) is 9.92. The van der Waals surface area contributed by atoms with Gasteiger partial charge in [-0.1, -0.05) is 6.92 Å². The number of hydrogen-bond acceptors (Lipinski definition) is 4. The van der Waals surface area contributed by atoms with Crippen molar-refractivity contribution in [2.24, 2.45) is 5.92 Å². The first kappa shape index (κ1) is 13.7. The predicted octanol–water partition coefficient (Wildman–Crippen LogP) is 1.93. The van der Waals surface area contributed by atoms with Crippen molar-refractivity contribution in [2.75, 3.05) is 0 Å². The highest BCUT2D eigenvalue weighted by molar-refractivity contribution is 5.93. The molecule has 2 unspecified atom stereocenters. The lowest BCUT2D eigenvalue weighted by Crippen LogP contribution is -2.09. The van der Waals surface area contributed by atoms with Crippen molar-refractivity contribution >= 4 is 17.0 Å². The Kier molecular flexibility index (Phi) is 2.84. The van der Waals surface area contributed by atoms with Crippen LogP contribution in [0.25, 0.3) is 16.7 Å². The molecule has 0 radical (unpaired) electrons. The van der Waals surface area contributed by atoms with Crippen molar-refractivity contribution in [1.29, 1.82) is 0 Å². The van der Waals surface area contributed by atoms with Gasteiger partial charge in [0.1, 0.15) is 0 Å². The van der Waals surface area contributed by atoms with Gasteiger partial charge in [0.2, 0.25) is 0 Å². The topological polar surface area (TPSA) is 101 Å². The number of H-pyrrole nitrogens is 1. The number of carbonyl (C=O) groups is 1. The van der Waals surface area contributed by atoms with Crippen LogP contribution in [0.2, 0.25) is 0 Å². The van der Waals surface area contributed by atoms with Gasteiger partial charge in [0.05, 0.1) is 29.2 Å². The molecule has 0 aliphatic heterocycles. The summed E-state index contributed by atoms with van der Waals surface area (Å²) >= 11 is 0. The highest BCUT2D eigenvalue weighted by Gasteiger charge is 2.37. The minimum absolute atomic E-state index is 0.120. The summed E-state index contributed by atoms with van der Waals surface area (Å²) in [6.07, 6.45) is 7.09. The molecule has 0 amide bonds. The number of pyridine rings is 1. The monoisotopic (exact) mass is 310 g/mol. The quantitative estimate of drug-likeness (QED) is 0.770. The van der Waals surface area contributed by atoms with Crippen molar-refractivity contribution in [3.8, 4) is 5.69 Å². The molecule has 2 atom stereocenters. The van der Waals surface area contributed by atoms with Crippen LogP contribution in [-0.2, 0) is 0 Å². The number of nitrogens with zero attached hydrogens (tertiary/aromatic N) is 3. The fraction of sp³-hybridized carbons (Fsp3) is 0.250. The SMILES string of the molecule is CC1CC1c1cn(-c2cnccc2C(=O)O)c2nc[nH]c(=O)c12. The van der Waals surface area contributed by atoms with E-state index < -0.39 is 5.97 Å². The van der Waals surface area contributed by atoms with E-state index in [4.69, 9.17) is 0 Å². The van der Waals surface area contributed by atoms with E-state index in [1.807, 2.05) is 6.20 Å². The van der Waals surface area contributed by atoms with Crippen LogP contribution in [0.1, 0.15) is 35.2 Å². The average molecular weight is 310 g/mol. The minimum atomic E-state index is -1.05. The third-order valence-corrected chi connectivity index (χ3v) is 4.42. The molecule has 2 N–H and O–H groups in total. The van der Waals surface area contributed by atoms with Gasteiger partial charge < -0.3 is 10.1 Å². The van der Waals surface area contributed by atoms with Crippen molar-refractivity contribution in [2.45, 2.75) is 19.3 Å². The maximum absolute atomic E-state index is 12.3. The first-order chi connectivity index (χ1) is 11.1. The number of rotatable bonds is 3. The lowest BCUT2D eigenvalue weighted by molar-refractivity contribution is 0.0697. The van der Waals surface area contributed by atoms with Crippen molar-refractivity contribution in [3.63, 3.8) is 0 Å². The summed E-state index contributed by atoms with van der Waals surface area (Å²) in [6, 6.07) is 1.44. The Morgan fingerprint density at radius 3 is 2.96 bits per heavy atom. The number of aromatic carboxylic acids is 1. The van der Waals surface area contributed by atoms with Crippen LogP contribution >= 0.6 is 0 Å². The van der Waals surface area contributed by atoms with Crippen LogP contribution in [-0.4, -0.2) is 30.6 Å². The number of hydrogen-bond donors (Lipinski definition) is 2. The number of aromatic nitrogens is 4. The number of aromatic amines is 1. The molecule has 3 aromatic heterocycles. The zero-order valence-electron chi connectivity index (χ0n) is 12.4. The molecular formula is C16H14N4O3. The summed E-state index contributed by atoms with van der Waals surface area (Å²) in [4.78, 5) is 34.6. The predicted molar refractivity (Wildman–Crippen MR) is 83.0 cm³/mol. The fourth-order valence-corrected chi connectivity index (χ4v) is 3.08. The largest absolute Gasteiger partial charge is 0.478 e. The second-order valence-corrected chi connectivity index (χ2v) is 5.90. The molecule has 7 heteroatoms. The molecule has 0 saturated heterocycles. The number of fused-ring (bicyclic) bond motifs is 1. The van der Waals surface area contributed by atoms with Gasteiger partial charge in [-0.15, -0.1) is 0 Å². The Morgan fingerprint density at radius 2 is 2.26 bits per heavy atom. The first-order valence-corrected chi connectivity index (χ1v) is 7.34. The van der Waals surface area contributed by atoms with Gasteiger partial charge in [0.15, 0.2) is 5.65 Å². The molecule has 1 aliphatic rings. The summed E-state index contributed by atoms with van der Waals surface area (Å²) < 4.78 is 1.65. The molecule has 0 spiro atoms. The molecule has 1 fully saturated rings. The Hall–Kier alpha value is -2.96.